The van der Waals surface area contributed by atoms with Crippen molar-refractivity contribution in [3.05, 3.63) is 83.4 Å². The first-order valence-corrected chi connectivity index (χ1v) is 14.3. The monoisotopic (exact) mass is 573 g/mol. The Morgan fingerprint density at radius 1 is 0.692 bits per heavy atom. The molecule has 0 spiro atoms. The normalized spacial score (nSPS) is 11.9. The van der Waals surface area contributed by atoms with Crippen LogP contribution in [0.1, 0.15) is 11.1 Å². The van der Waals surface area contributed by atoms with Crippen LogP contribution in [-0.4, -0.2) is 16.8 Å². The minimum absolute atomic E-state index is 0.0833. The van der Waals surface area contributed by atoms with Gasteiger partial charge in [-0.1, -0.05) is 0 Å². The lowest BCUT2D eigenvalue weighted by molar-refractivity contribution is 0.597. The molecular formula is C26H25F2N5O4S2. The van der Waals surface area contributed by atoms with Gasteiger partial charge in [-0.3, -0.25) is 4.72 Å². The molecule has 0 atom stereocenters. The number of nitrogens with two attached hydrogens (primary N) is 4. The maximum atomic E-state index is 15.6. The van der Waals surface area contributed by atoms with Crippen LogP contribution in [0.3, 0.4) is 0 Å². The number of anilines is 4. The zero-order valence-corrected chi connectivity index (χ0v) is 22.4. The molecule has 0 bridgehead atoms. The summed E-state index contributed by atoms with van der Waals surface area (Å²) in [6.45, 7) is 3.05. The second-order valence-electron chi connectivity index (χ2n) is 8.96. The molecule has 9 nitrogen and oxygen atoms in total. The highest BCUT2D eigenvalue weighted by atomic mass is 32.2. The fourth-order valence-corrected chi connectivity index (χ4v) is 5.97. The highest BCUT2D eigenvalue weighted by Gasteiger charge is 2.28. The number of rotatable bonds is 6. The average molecular weight is 574 g/mol. The molecule has 204 valence electrons. The van der Waals surface area contributed by atoms with Crippen molar-refractivity contribution in [2.24, 2.45) is 5.14 Å². The van der Waals surface area contributed by atoms with Crippen molar-refractivity contribution in [2.75, 3.05) is 21.9 Å². The van der Waals surface area contributed by atoms with Gasteiger partial charge in [0.05, 0.1) is 21.2 Å². The van der Waals surface area contributed by atoms with Crippen LogP contribution in [0.15, 0.2) is 70.5 Å². The van der Waals surface area contributed by atoms with Gasteiger partial charge in [0, 0.05) is 28.1 Å². The second-order valence-corrected chi connectivity index (χ2v) is 12.2. The molecule has 0 saturated carbocycles. The molecule has 0 unspecified atom stereocenters. The van der Waals surface area contributed by atoms with Crippen molar-refractivity contribution in [3.63, 3.8) is 0 Å². The van der Waals surface area contributed by atoms with Crippen LogP contribution in [0.25, 0.3) is 22.3 Å². The number of nitrogen functional groups attached to an aromatic ring is 3. The maximum Gasteiger partial charge on any atom is 0.261 e. The largest absolute Gasteiger partial charge is 0.399 e. The predicted octanol–water partition coefficient (Wildman–Crippen LogP) is 4.11. The van der Waals surface area contributed by atoms with E-state index in [-0.39, 0.29) is 49.8 Å². The summed E-state index contributed by atoms with van der Waals surface area (Å²) in [5.74, 6) is -1.59. The zero-order valence-electron chi connectivity index (χ0n) is 20.8. The van der Waals surface area contributed by atoms with Crippen molar-refractivity contribution < 1.29 is 25.6 Å². The Morgan fingerprint density at radius 3 is 1.90 bits per heavy atom. The van der Waals surface area contributed by atoms with E-state index in [1.165, 1.54) is 43.3 Å². The van der Waals surface area contributed by atoms with E-state index in [0.717, 1.165) is 24.3 Å². The highest BCUT2D eigenvalue weighted by molar-refractivity contribution is 7.92. The minimum Gasteiger partial charge on any atom is -0.399 e. The van der Waals surface area contributed by atoms with Crippen molar-refractivity contribution >= 4 is 42.8 Å². The van der Waals surface area contributed by atoms with Crippen molar-refractivity contribution in [2.45, 2.75) is 23.6 Å². The van der Waals surface area contributed by atoms with Crippen LogP contribution in [-0.2, 0) is 20.0 Å². The molecule has 0 aliphatic rings. The summed E-state index contributed by atoms with van der Waals surface area (Å²) in [6, 6.07) is 12.2. The summed E-state index contributed by atoms with van der Waals surface area (Å²) in [5, 5.41) is 5.53. The fraction of sp³-hybridized carbons (Fsp3) is 0.0769. The number of sulfonamides is 2. The summed E-state index contributed by atoms with van der Waals surface area (Å²) in [4.78, 5) is -0.633. The third-order valence-corrected chi connectivity index (χ3v) is 8.48. The van der Waals surface area contributed by atoms with Gasteiger partial charge in [-0.15, -0.1) is 0 Å². The van der Waals surface area contributed by atoms with Gasteiger partial charge in [0.25, 0.3) is 10.0 Å². The Bertz CT molecular complexity index is 1840. The molecule has 39 heavy (non-hydrogen) atoms. The molecule has 0 aliphatic carbocycles. The number of halogens is 2. The van der Waals surface area contributed by atoms with E-state index in [2.05, 4.69) is 4.72 Å². The molecule has 0 radical (unpaired) electrons. The van der Waals surface area contributed by atoms with E-state index in [1.807, 2.05) is 0 Å². The van der Waals surface area contributed by atoms with E-state index in [9.17, 15) is 21.2 Å². The quantitative estimate of drug-likeness (QED) is 0.215. The Morgan fingerprint density at radius 2 is 1.28 bits per heavy atom. The number of hydrogen-bond acceptors (Lipinski definition) is 7. The maximum absolute atomic E-state index is 15.6. The van der Waals surface area contributed by atoms with Gasteiger partial charge in [-0.2, -0.15) is 0 Å². The summed E-state index contributed by atoms with van der Waals surface area (Å²) < 4.78 is 84.3. The lowest BCUT2D eigenvalue weighted by Gasteiger charge is -2.22. The van der Waals surface area contributed by atoms with Crippen LogP contribution in [0.5, 0.6) is 0 Å². The topological polar surface area (TPSA) is 184 Å². The molecule has 0 aliphatic heterocycles. The third-order valence-electron chi connectivity index (χ3n) is 6.15. The van der Waals surface area contributed by atoms with Crippen molar-refractivity contribution in [3.8, 4) is 22.3 Å². The first-order valence-electron chi connectivity index (χ1n) is 11.3. The number of hydrogen-bond donors (Lipinski definition) is 5. The Kier molecular flexibility index (Phi) is 7.02. The molecule has 0 fully saturated rings. The Hall–Kier alpha value is -4.20. The van der Waals surface area contributed by atoms with E-state index in [0.29, 0.717) is 11.3 Å². The van der Waals surface area contributed by atoms with Gasteiger partial charge in [0.2, 0.25) is 10.0 Å². The molecule has 0 aromatic heterocycles. The van der Waals surface area contributed by atoms with E-state index in [1.54, 1.807) is 6.92 Å². The number of aryl methyl sites for hydroxylation is 2. The van der Waals surface area contributed by atoms with Gasteiger partial charge in [-0.05, 0) is 91.2 Å². The van der Waals surface area contributed by atoms with Crippen molar-refractivity contribution in [1.29, 1.82) is 0 Å². The molecule has 0 amide bonds. The Labute approximate surface area is 224 Å². The van der Waals surface area contributed by atoms with Gasteiger partial charge < -0.3 is 17.2 Å². The summed E-state index contributed by atoms with van der Waals surface area (Å²) in [5.41, 5.74) is 17.6. The summed E-state index contributed by atoms with van der Waals surface area (Å²) in [7, 11) is -8.77. The van der Waals surface area contributed by atoms with Gasteiger partial charge in [0.1, 0.15) is 11.6 Å². The molecule has 13 heteroatoms. The van der Waals surface area contributed by atoms with Crippen molar-refractivity contribution in [1.82, 2.24) is 0 Å². The molecule has 0 saturated heterocycles. The van der Waals surface area contributed by atoms with E-state index < -0.39 is 36.6 Å². The summed E-state index contributed by atoms with van der Waals surface area (Å²) >= 11 is 0. The molecular weight excluding hydrogens is 548 g/mol. The Balaban J connectivity index is 2.16. The first-order chi connectivity index (χ1) is 18.1. The lowest BCUT2D eigenvalue weighted by atomic mass is 9.89. The first kappa shape index (κ1) is 27.8. The average Bonchev–Trinajstić information content (AvgIpc) is 2.83. The smallest absolute Gasteiger partial charge is 0.261 e. The molecule has 4 rings (SSSR count). The van der Waals surface area contributed by atoms with Gasteiger partial charge in [0.15, 0.2) is 0 Å². The number of primary sulfonamides is 1. The lowest BCUT2D eigenvalue weighted by Crippen LogP contribution is -2.17. The van der Waals surface area contributed by atoms with Gasteiger partial charge in [-0.25, -0.2) is 30.8 Å². The summed E-state index contributed by atoms with van der Waals surface area (Å²) in [6.07, 6.45) is 0. The van der Waals surface area contributed by atoms with Crippen LogP contribution in [0.4, 0.5) is 31.5 Å². The second kappa shape index (κ2) is 9.84. The molecule has 0 heterocycles. The molecule has 4 aromatic carbocycles. The van der Waals surface area contributed by atoms with Crippen LogP contribution in [0, 0.1) is 25.5 Å². The van der Waals surface area contributed by atoms with E-state index >= 15 is 4.39 Å². The standard InChI is InChI=1S/C26H25F2N5O4S2/c1-13-9-20(28)22(31)11-17(13)26-24(38(32,34)35)8-7-23(25(26)18-12-21(30)14(2)10-19(18)27)33-39(36,37)16-5-3-15(29)4-6-16/h3-12,33H,29-31H2,1-2H3,(H2,32,34,35). The molecule has 9 N–H and O–H groups in total. The SMILES string of the molecule is Cc1cc(F)c(-c2c(NS(=O)(=O)c3ccc(N)cc3)ccc(S(N)(=O)=O)c2-c2cc(N)c(F)cc2C)cc1N. The minimum atomic E-state index is -4.48. The third kappa shape index (κ3) is 5.37. The highest BCUT2D eigenvalue weighted by Crippen LogP contribution is 2.45. The number of nitrogens with one attached hydrogen (secondary N) is 1. The number of benzene rings is 4. The fourth-order valence-electron chi connectivity index (χ4n) is 4.14. The van der Waals surface area contributed by atoms with Crippen LogP contribution in [0.2, 0.25) is 0 Å². The van der Waals surface area contributed by atoms with Crippen LogP contribution < -0.4 is 27.1 Å². The predicted molar refractivity (Wildman–Crippen MR) is 149 cm³/mol. The van der Waals surface area contributed by atoms with E-state index in [4.69, 9.17) is 22.3 Å². The zero-order chi connectivity index (χ0) is 28.9. The van der Waals surface area contributed by atoms with Gasteiger partial charge >= 0.3 is 0 Å². The molecule has 4 aromatic rings. The van der Waals surface area contributed by atoms with Crippen LogP contribution >= 0.6 is 0 Å².